The van der Waals surface area contributed by atoms with Gasteiger partial charge in [-0.05, 0) is 54.2 Å². The first-order valence-electron chi connectivity index (χ1n) is 8.27. The van der Waals surface area contributed by atoms with Crippen molar-refractivity contribution in [1.82, 2.24) is 10.3 Å². The van der Waals surface area contributed by atoms with Crippen LogP contribution in [0.25, 0.3) is 10.9 Å². The zero-order valence-electron chi connectivity index (χ0n) is 13.4. The summed E-state index contributed by atoms with van der Waals surface area (Å²) >= 11 is 0. The summed E-state index contributed by atoms with van der Waals surface area (Å²) in [6, 6.07) is 17.5. The lowest BCUT2D eigenvalue weighted by Gasteiger charge is -2.19. The molecule has 1 saturated carbocycles. The SMILES string of the molecule is COc1ccc(C(NCc2cccc3[nH]ccc23)C2CC2)cc1. The maximum atomic E-state index is 5.27. The molecule has 2 aromatic carbocycles. The highest BCUT2D eigenvalue weighted by Crippen LogP contribution is 2.41. The number of rotatable bonds is 6. The van der Waals surface area contributed by atoms with Crippen molar-refractivity contribution in [2.24, 2.45) is 5.92 Å². The largest absolute Gasteiger partial charge is 0.497 e. The van der Waals surface area contributed by atoms with Crippen LogP contribution in [0.4, 0.5) is 0 Å². The van der Waals surface area contributed by atoms with Gasteiger partial charge in [-0.2, -0.15) is 0 Å². The molecule has 3 heteroatoms. The van der Waals surface area contributed by atoms with Crippen LogP contribution < -0.4 is 10.1 Å². The van der Waals surface area contributed by atoms with Crippen molar-refractivity contribution < 1.29 is 4.74 Å². The van der Waals surface area contributed by atoms with Crippen molar-refractivity contribution in [2.75, 3.05) is 7.11 Å². The van der Waals surface area contributed by atoms with Crippen LogP contribution in [0, 0.1) is 5.92 Å². The minimum Gasteiger partial charge on any atom is -0.497 e. The molecule has 1 aromatic heterocycles. The second-order valence-corrected chi connectivity index (χ2v) is 6.33. The monoisotopic (exact) mass is 306 g/mol. The van der Waals surface area contributed by atoms with Crippen LogP contribution in [0.2, 0.25) is 0 Å². The molecule has 0 bridgehead atoms. The third kappa shape index (κ3) is 2.97. The Morgan fingerprint density at radius 3 is 2.70 bits per heavy atom. The van der Waals surface area contributed by atoms with Crippen molar-refractivity contribution in [3.8, 4) is 5.75 Å². The Bertz CT molecular complexity index is 787. The highest BCUT2D eigenvalue weighted by Gasteiger charge is 2.32. The standard InChI is InChI=1S/C20H22N2O/c1-23-17-9-7-15(8-10-17)20(14-5-6-14)22-13-16-3-2-4-19-18(16)11-12-21-19/h2-4,7-12,14,20-22H,5-6,13H2,1H3. The van der Waals surface area contributed by atoms with Crippen molar-refractivity contribution in [3.63, 3.8) is 0 Å². The van der Waals surface area contributed by atoms with E-state index in [2.05, 4.69) is 58.8 Å². The fourth-order valence-electron chi connectivity index (χ4n) is 3.32. The molecule has 1 atom stereocenters. The molecule has 23 heavy (non-hydrogen) atoms. The van der Waals surface area contributed by atoms with Gasteiger partial charge >= 0.3 is 0 Å². The summed E-state index contributed by atoms with van der Waals surface area (Å²) in [4.78, 5) is 3.29. The van der Waals surface area contributed by atoms with Crippen molar-refractivity contribution in [2.45, 2.75) is 25.4 Å². The lowest BCUT2D eigenvalue weighted by Crippen LogP contribution is -2.22. The summed E-state index contributed by atoms with van der Waals surface area (Å²) in [6.07, 6.45) is 4.64. The molecule has 3 nitrogen and oxygen atoms in total. The number of benzene rings is 2. The first-order chi connectivity index (χ1) is 11.3. The summed E-state index contributed by atoms with van der Waals surface area (Å²) < 4.78 is 5.27. The molecule has 1 heterocycles. The van der Waals surface area contributed by atoms with E-state index >= 15 is 0 Å². The van der Waals surface area contributed by atoms with Crippen LogP contribution in [0.5, 0.6) is 5.75 Å². The zero-order chi connectivity index (χ0) is 15.6. The molecule has 2 N–H and O–H groups in total. The predicted octanol–water partition coefficient (Wildman–Crippen LogP) is 4.42. The lowest BCUT2D eigenvalue weighted by molar-refractivity contribution is 0.413. The summed E-state index contributed by atoms with van der Waals surface area (Å²) in [5.74, 6) is 1.68. The minimum absolute atomic E-state index is 0.426. The molecule has 1 unspecified atom stereocenters. The molecule has 0 spiro atoms. The molecule has 1 fully saturated rings. The van der Waals surface area contributed by atoms with Gasteiger partial charge in [-0.15, -0.1) is 0 Å². The topological polar surface area (TPSA) is 37.0 Å². The van der Waals surface area contributed by atoms with Crippen molar-refractivity contribution >= 4 is 10.9 Å². The van der Waals surface area contributed by atoms with Crippen LogP contribution >= 0.6 is 0 Å². The van der Waals surface area contributed by atoms with Gasteiger partial charge in [-0.3, -0.25) is 0 Å². The van der Waals surface area contributed by atoms with Crippen LogP contribution in [-0.2, 0) is 6.54 Å². The molecule has 1 aliphatic rings. The van der Waals surface area contributed by atoms with Crippen molar-refractivity contribution in [1.29, 1.82) is 0 Å². The third-order valence-electron chi connectivity index (χ3n) is 4.77. The fourth-order valence-corrected chi connectivity index (χ4v) is 3.32. The Balaban J connectivity index is 1.53. The Morgan fingerprint density at radius 1 is 1.13 bits per heavy atom. The Morgan fingerprint density at radius 2 is 1.96 bits per heavy atom. The number of hydrogen-bond donors (Lipinski definition) is 2. The number of aromatic nitrogens is 1. The number of aromatic amines is 1. The Hall–Kier alpha value is -2.26. The van der Waals surface area contributed by atoms with E-state index in [0.29, 0.717) is 6.04 Å². The van der Waals surface area contributed by atoms with E-state index < -0.39 is 0 Å². The van der Waals surface area contributed by atoms with Gasteiger partial charge in [-0.25, -0.2) is 0 Å². The maximum Gasteiger partial charge on any atom is 0.118 e. The normalized spacial score (nSPS) is 15.7. The summed E-state index contributed by atoms with van der Waals surface area (Å²) in [7, 11) is 1.71. The summed E-state index contributed by atoms with van der Waals surface area (Å²) in [6.45, 7) is 0.891. The lowest BCUT2D eigenvalue weighted by atomic mass is 10.0. The number of nitrogens with one attached hydrogen (secondary N) is 2. The second kappa shape index (κ2) is 6.09. The second-order valence-electron chi connectivity index (χ2n) is 6.33. The molecule has 4 rings (SSSR count). The van der Waals surface area contributed by atoms with Crippen molar-refractivity contribution in [3.05, 3.63) is 65.9 Å². The van der Waals surface area contributed by atoms with Gasteiger partial charge in [0.1, 0.15) is 5.75 Å². The Labute approximate surface area is 136 Å². The molecule has 118 valence electrons. The highest BCUT2D eigenvalue weighted by molar-refractivity contribution is 5.82. The maximum absolute atomic E-state index is 5.27. The molecule has 1 aliphatic carbocycles. The van der Waals surface area contributed by atoms with Crippen LogP contribution in [-0.4, -0.2) is 12.1 Å². The van der Waals surface area contributed by atoms with Gasteiger partial charge in [0.05, 0.1) is 7.11 Å². The first-order valence-corrected chi connectivity index (χ1v) is 8.27. The average molecular weight is 306 g/mol. The first kappa shape index (κ1) is 14.3. The number of hydrogen-bond acceptors (Lipinski definition) is 2. The molecule has 0 saturated heterocycles. The molecular weight excluding hydrogens is 284 g/mol. The van der Waals surface area contributed by atoms with Gasteiger partial charge in [0.2, 0.25) is 0 Å². The van der Waals surface area contributed by atoms with Gasteiger partial charge in [0.15, 0.2) is 0 Å². The van der Waals surface area contributed by atoms with E-state index in [0.717, 1.165) is 18.2 Å². The van der Waals surface area contributed by atoms with Gasteiger partial charge in [0, 0.05) is 29.7 Å². The number of methoxy groups -OCH3 is 1. The van der Waals surface area contributed by atoms with E-state index in [-0.39, 0.29) is 0 Å². The zero-order valence-corrected chi connectivity index (χ0v) is 13.4. The quantitative estimate of drug-likeness (QED) is 0.707. The molecule has 0 aliphatic heterocycles. The van der Waals surface area contributed by atoms with Crippen LogP contribution in [0.15, 0.2) is 54.7 Å². The van der Waals surface area contributed by atoms with E-state index in [1.165, 1.54) is 34.9 Å². The predicted molar refractivity (Wildman–Crippen MR) is 93.6 cm³/mol. The van der Waals surface area contributed by atoms with E-state index in [4.69, 9.17) is 4.74 Å². The van der Waals surface area contributed by atoms with E-state index in [9.17, 15) is 0 Å². The fraction of sp³-hybridized carbons (Fsp3) is 0.300. The van der Waals surface area contributed by atoms with Gasteiger partial charge in [-0.1, -0.05) is 24.3 Å². The van der Waals surface area contributed by atoms with Crippen LogP contribution in [0.1, 0.15) is 30.0 Å². The van der Waals surface area contributed by atoms with E-state index in [1.54, 1.807) is 7.11 Å². The van der Waals surface area contributed by atoms with Gasteiger partial charge in [0.25, 0.3) is 0 Å². The average Bonchev–Trinajstić information content (AvgIpc) is 3.31. The van der Waals surface area contributed by atoms with E-state index in [1.807, 2.05) is 6.20 Å². The number of fused-ring (bicyclic) bond motifs is 1. The van der Waals surface area contributed by atoms with Crippen LogP contribution in [0.3, 0.4) is 0 Å². The molecule has 3 aromatic rings. The molecular formula is C20H22N2O. The summed E-state index contributed by atoms with van der Waals surface area (Å²) in [5.41, 5.74) is 3.91. The smallest absolute Gasteiger partial charge is 0.118 e. The number of ether oxygens (including phenoxy) is 1. The van der Waals surface area contributed by atoms with Gasteiger partial charge < -0.3 is 15.0 Å². The Kier molecular flexibility index (Phi) is 3.80. The molecule has 0 radical (unpaired) electrons. The molecule has 0 amide bonds. The highest BCUT2D eigenvalue weighted by atomic mass is 16.5. The summed E-state index contributed by atoms with van der Waals surface area (Å²) in [5, 5.41) is 5.09. The third-order valence-corrected chi connectivity index (χ3v) is 4.77. The minimum atomic E-state index is 0.426. The number of H-pyrrole nitrogens is 1.